The number of carbonyl (C=O) groups is 3. The molecule has 0 bridgehead atoms. The minimum atomic E-state index is -1.37. The molecule has 0 saturated carbocycles. The molecule has 0 aromatic heterocycles. The van der Waals surface area contributed by atoms with Gasteiger partial charge in [0.15, 0.2) is 0 Å². The van der Waals surface area contributed by atoms with Gasteiger partial charge in [-0.05, 0) is 37.0 Å². The maximum absolute atomic E-state index is 13.7. The average molecular weight is 467 g/mol. The summed E-state index contributed by atoms with van der Waals surface area (Å²) in [7, 11) is 1.57. The highest BCUT2D eigenvalue weighted by Gasteiger charge is 2.49. The number of aliphatic hydroxyl groups excluding tert-OH is 1. The van der Waals surface area contributed by atoms with Crippen LogP contribution in [-0.2, 0) is 20.8 Å². The molecule has 10 heteroatoms. The van der Waals surface area contributed by atoms with Crippen LogP contribution in [0.15, 0.2) is 18.2 Å². The van der Waals surface area contributed by atoms with Gasteiger partial charge in [-0.3, -0.25) is 14.4 Å². The summed E-state index contributed by atoms with van der Waals surface area (Å²) < 4.78 is 27.5. The Hall–Kier alpha value is -2.59. The number of likely N-dealkylation sites (N-methyl/N-ethyl adjacent to an activating group) is 1. The largest absolute Gasteiger partial charge is 0.389 e. The molecule has 2 aliphatic heterocycles. The standard InChI is InChI=1S/C23H32F2N4O4/c1-4-5-23(2)12-17(29(3)22(23)33)20(31)28-16(10-13-8-14(24)11-15(25)9-13)19(30)18-21(32)27-7-6-26-18/h8-9,11,16-19,26,30H,4-7,10,12H2,1-3H3,(H,27,32)(H,28,31)/t16-,17?,18-,19-,23?/m0/s1. The molecule has 33 heavy (non-hydrogen) atoms. The van der Waals surface area contributed by atoms with E-state index in [1.807, 2.05) is 13.8 Å². The van der Waals surface area contributed by atoms with Gasteiger partial charge in [-0.25, -0.2) is 8.78 Å². The highest BCUT2D eigenvalue weighted by molar-refractivity contribution is 5.94. The Bertz CT molecular complexity index is 894. The number of likely N-dealkylation sites (tertiary alicyclic amines) is 1. The molecule has 3 rings (SSSR count). The second kappa shape index (κ2) is 10.1. The van der Waals surface area contributed by atoms with E-state index in [2.05, 4.69) is 16.0 Å². The molecule has 0 aliphatic carbocycles. The van der Waals surface area contributed by atoms with Crippen LogP contribution < -0.4 is 16.0 Å². The lowest BCUT2D eigenvalue weighted by atomic mass is 9.82. The first-order chi connectivity index (χ1) is 15.6. The van der Waals surface area contributed by atoms with E-state index >= 15 is 0 Å². The lowest BCUT2D eigenvalue weighted by Gasteiger charge is -2.34. The first-order valence-electron chi connectivity index (χ1n) is 11.3. The summed E-state index contributed by atoms with van der Waals surface area (Å²) in [5.74, 6) is -2.60. The summed E-state index contributed by atoms with van der Waals surface area (Å²) in [5, 5.41) is 19.3. The van der Waals surface area contributed by atoms with E-state index in [4.69, 9.17) is 0 Å². The molecule has 3 amide bonds. The van der Waals surface area contributed by atoms with Crippen molar-refractivity contribution < 1.29 is 28.3 Å². The maximum Gasteiger partial charge on any atom is 0.243 e. The van der Waals surface area contributed by atoms with Crippen LogP contribution in [0, 0.1) is 17.0 Å². The quantitative estimate of drug-likeness (QED) is 0.446. The number of piperazine rings is 1. The van der Waals surface area contributed by atoms with E-state index in [0.29, 0.717) is 25.9 Å². The topological polar surface area (TPSA) is 111 Å². The third-order valence-electron chi connectivity index (χ3n) is 6.58. The van der Waals surface area contributed by atoms with E-state index < -0.39 is 53.1 Å². The molecule has 2 fully saturated rings. The Morgan fingerprint density at radius 3 is 2.55 bits per heavy atom. The first kappa shape index (κ1) is 25.0. The van der Waals surface area contributed by atoms with Gasteiger partial charge in [0.05, 0.1) is 12.1 Å². The summed E-state index contributed by atoms with van der Waals surface area (Å²) in [5.41, 5.74) is -0.435. The highest BCUT2D eigenvalue weighted by Crippen LogP contribution is 2.39. The molecule has 2 heterocycles. The summed E-state index contributed by atoms with van der Waals surface area (Å²) >= 11 is 0. The molecule has 1 aromatic rings. The van der Waals surface area contributed by atoms with Gasteiger partial charge in [0.25, 0.3) is 0 Å². The molecule has 2 unspecified atom stereocenters. The van der Waals surface area contributed by atoms with Gasteiger partial charge in [0.1, 0.15) is 23.7 Å². The van der Waals surface area contributed by atoms with Crippen molar-refractivity contribution >= 4 is 17.7 Å². The van der Waals surface area contributed by atoms with Gasteiger partial charge in [-0.15, -0.1) is 0 Å². The van der Waals surface area contributed by atoms with Crippen LogP contribution in [0.4, 0.5) is 8.78 Å². The molecule has 0 radical (unpaired) electrons. The van der Waals surface area contributed by atoms with Crippen molar-refractivity contribution in [3.05, 3.63) is 35.4 Å². The van der Waals surface area contributed by atoms with Crippen molar-refractivity contribution in [3.63, 3.8) is 0 Å². The van der Waals surface area contributed by atoms with E-state index in [1.165, 1.54) is 4.90 Å². The number of halogens is 2. The first-order valence-corrected chi connectivity index (χ1v) is 11.3. The number of hydrogen-bond donors (Lipinski definition) is 4. The monoisotopic (exact) mass is 466 g/mol. The zero-order chi connectivity index (χ0) is 24.3. The maximum atomic E-state index is 13.7. The molecule has 2 saturated heterocycles. The number of nitrogens with one attached hydrogen (secondary N) is 3. The SMILES string of the molecule is CCCC1(C)CC(C(=O)N[C@@H](Cc2cc(F)cc(F)c2)[C@H](O)[C@@H]2NCCNC2=O)N(C)C1=O. The average Bonchev–Trinajstić information content (AvgIpc) is 2.97. The fourth-order valence-corrected chi connectivity index (χ4v) is 4.89. The van der Waals surface area contributed by atoms with Gasteiger partial charge >= 0.3 is 0 Å². The van der Waals surface area contributed by atoms with Crippen molar-refractivity contribution in [2.24, 2.45) is 5.41 Å². The predicted octanol–water partition coefficient (Wildman–Crippen LogP) is 0.478. The van der Waals surface area contributed by atoms with E-state index in [1.54, 1.807) is 7.05 Å². The number of rotatable bonds is 8. The van der Waals surface area contributed by atoms with Crippen LogP contribution >= 0.6 is 0 Å². The van der Waals surface area contributed by atoms with Crippen molar-refractivity contribution in [1.82, 2.24) is 20.9 Å². The fourth-order valence-electron chi connectivity index (χ4n) is 4.89. The number of hydrogen-bond acceptors (Lipinski definition) is 5. The zero-order valence-corrected chi connectivity index (χ0v) is 19.2. The number of nitrogens with zero attached hydrogens (tertiary/aromatic N) is 1. The van der Waals surface area contributed by atoms with Crippen molar-refractivity contribution in [1.29, 1.82) is 0 Å². The van der Waals surface area contributed by atoms with Gasteiger partial charge in [0, 0.05) is 31.6 Å². The molecule has 2 aliphatic rings. The minimum absolute atomic E-state index is 0.107. The minimum Gasteiger partial charge on any atom is -0.389 e. The van der Waals surface area contributed by atoms with Crippen LogP contribution in [0.1, 0.15) is 38.7 Å². The van der Waals surface area contributed by atoms with Crippen molar-refractivity contribution in [2.45, 2.75) is 63.8 Å². The lowest BCUT2D eigenvalue weighted by molar-refractivity contribution is -0.138. The van der Waals surface area contributed by atoms with Gasteiger partial charge < -0.3 is 26.0 Å². The molecule has 8 nitrogen and oxygen atoms in total. The smallest absolute Gasteiger partial charge is 0.243 e. The number of aliphatic hydroxyl groups is 1. The molecule has 1 aromatic carbocycles. The van der Waals surface area contributed by atoms with Gasteiger partial charge in [-0.1, -0.05) is 20.3 Å². The van der Waals surface area contributed by atoms with E-state index in [0.717, 1.165) is 24.6 Å². The third kappa shape index (κ3) is 5.50. The Balaban J connectivity index is 1.83. The summed E-state index contributed by atoms with van der Waals surface area (Å²) in [6.45, 7) is 4.64. The lowest BCUT2D eigenvalue weighted by Crippen LogP contribution is -2.64. The van der Waals surface area contributed by atoms with Crippen molar-refractivity contribution in [3.8, 4) is 0 Å². The molecule has 182 valence electrons. The summed E-state index contributed by atoms with van der Waals surface area (Å²) in [6, 6.07) is 0.190. The van der Waals surface area contributed by atoms with Gasteiger partial charge in [-0.2, -0.15) is 0 Å². The number of amides is 3. The third-order valence-corrected chi connectivity index (χ3v) is 6.58. The van der Waals surface area contributed by atoms with Gasteiger partial charge in [0.2, 0.25) is 17.7 Å². The number of benzene rings is 1. The Labute approximate surface area is 192 Å². The molecular formula is C23H32F2N4O4. The molecule has 4 N–H and O–H groups in total. The van der Waals surface area contributed by atoms with Crippen LogP contribution in [0.25, 0.3) is 0 Å². The Kier molecular flexibility index (Phi) is 7.69. The van der Waals surface area contributed by atoms with E-state index in [9.17, 15) is 28.3 Å². The van der Waals surface area contributed by atoms with Crippen LogP contribution in [-0.4, -0.2) is 72.1 Å². The molecule has 5 atom stereocenters. The second-order valence-corrected chi connectivity index (χ2v) is 9.26. The van der Waals surface area contributed by atoms with Crippen molar-refractivity contribution in [2.75, 3.05) is 20.1 Å². The fraction of sp³-hybridized carbons (Fsp3) is 0.609. The normalized spacial score (nSPS) is 27.3. The van der Waals surface area contributed by atoms with Crippen LogP contribution in [0.3, 0.4) is 0 Å². The highest BCUT2D eigenvalue weighted by atomic mass is 19.1. The van der Waals surface area contributed by atoms with Crippen LogP contribution in [0.5, 0.6) is 0 Å². The van der Waals surface area contributed by atoms with Crippen LogP contribution in [0.2, 0.25) is 0 Å². The predicted molar refractivity (Wildman–Crippen MR) is 117 cm³/mol. The molecular weight excluding hydrogens is 434 g/mol. The van der Waals surface area contributed by atoms with E-state index in [-0.39, 0.29) is 17.9 Å². The Morgan fingerprint density at radius 2 is 1.94 bits per heavy atom. The number of carbonyl (C=O) groups excluding carboxylic acids is 3. The zero-order valence-electron chi connectivity index (χ0n) is 19.2. The summed E-state index contributed by atoms with van der Waals surface area (Å²) in [4.78, 5) is 39.6. The second-order valence-electron chi connectivity index (χ2n) is 9.26. The summed E-state index contributed by atoms with van der Waals surface area (Å²) in [6.07, 6.45) is 0.274. The molecule has 0 spiro atoms. The Morgan fingerprint density at radius 1 is 1.27 bits per heavy atom.